The summed E-state index contributed by atoms with van der Waals surface area (Å²) in [6, 6.07) is 16.9. The maximum Gasteiger partial charge on any atom is 0.387 e. The third-order valence-corrected chi connectivity index (χ3v) is 6.91. The Morgan fingerprint density at radius 1 is 1.06 bits per heavy atom. The van der Waals surface area contributed by atoms with Gasteiger partial charge in [0.15, 0.2) is 9.84 Å². The van der Waals surface area contributed by atoms with E-state index in [1.807, 2.05) is 22.7 Å². The second-order valence-corrected chi connectivity index (χ2v) is 9.96. The summed E-state index contributed by atoms with van der Waals surface area (Å²) < 4.78 is 56.3. The average molecular weight is 470 g/mol. The van der Waals surface area contributed by atoms with Crippen LogP contribution >= 0.6 is 0 Å². The molecule has 1 aliphatic heterocycles. The molecule has 2 aromatic carbocycles. The van der Waals surface area contributed by atoms with Crippen LogP contribution in [0.1, 0.15) is 23.0 Å². The zero-order chi connectivity index (χ0) is 23.2. The fourth-order valence-corrected chi connectivity index (χ4v) is 4.91. The van der Waals surface area contributed by atoms with Gasteiger partial charge in [-0.2, -0.15) is 8.78 Å². The van der Waals surface area contributed by atoms with Crippen LogP contribution in [0.2, 0.25) is 0 Å². The standard InChI is InChI=1S/C24H21F2N3O3S/c1-33(30,31)17-9-6-15(7-10-17)16-8-11-21-28-19-12-13-27-22(23(19)29(21)14-16)18-4-2-3-5-20(18)32-24(25)26/h2-11,14,22,24,27H,12-13H2,1H3/t22-/m0/s1. The highest BCUT2D eigenvalue weighted by Crippen LogP contribution is 2.36. The number of rotatable bonds is 5. The van der Waals surface area contributed by atoms with Gasteiger partial charge in [-0.1, -0.05) is 30.3 Å². The maximum atomic E-state index is 13.0. The van der Waals surface area contributed by atoms with Gasteiger partial charge in [-0.15, -0.1) is 0 Å². The quantitative estimate of drug-likeness (QED) is 0.473. The lowest BCUT2D eigenvalue weighted by atomic mass is 9.97. The van der Waals surface area contributed by atoms with Crippen molar-refractivity contribution in [2.45, 2.75) is 24.0 Å². The van der Waals surface area contributed by atoms with E-state index in [2.05, 4.69) is 5.32 Å². The van der Waals surface area contributed by atoms with Gasteiger partial charge in [-0.25, -0.2) is 13.4 Å². The maximum absolute atomic E-state index is 13.0. The monoisotopic (exact) mass is 469 g/mol. The SMILES string of the molecule is CS(=O)(=O)c1ccc(-c2ccc3nc4c(n3c2)[C@H](c2ccccc2OC(F)F)NCC4)cc1. The smallest absolute Gasteiger partial charge is 0.387 e. The summed E-state index contributed by atoms with van der Waals surface area (Å²) in [7, 11) is -3.28. The summed E-state index contributed by atoms with van der Waals surface area (Å²) in [6.07, 6.45) is 3.82. The van der Waals surface area contributed by atoms with Crippen LogP contribution in [0, 0.1) is 0 Å². The van der Waals surface area contributed by atoms with Crippen molar-refractivity contribution in [1.82, 2.24) is 14.7 Å². The lowest BCUT2D eigenvalue weighted by molar-refractivity contribution is -0.0506. The first kappa shape index (κ1) is 21.5. The number of alkyl halides is 2. The molecule has 0 radical (unpaired) electrons. The zero-order valence-electron chi connectivity index (χ0n) is 17.7. The van der Waals surface area contributed by atoms with E-state index in [0.717, 1.165) is 28.2 Å². The van der Waals surface area contributed by atoms with Gasteiger partial charge in [0, 0.05) is 31.0 Å². The molecule has 2 aromatic heterocycles. The van der Waals surface area contributed by atoms with Crippen molar-refractivity contribution in [2.75, 3.05) is 12.8 Å². The number of imidazole rings is 1. The predicted octanol–water partition coefficient (Wildman–Crippen LogP) is 4.24. The largest absolute Gasteiger partial charge is 0.434 e. The fraction of sp³-hybridized carbons (Fsp3) is 0.208. The molecule has 3 heterocycles. The van der Waals surface area contributed by atoms with Crippen molar-refractivity contribution in [1.29, 1.82) is 0 Å². The molecule has 0 spiro atoms. The summed E-state index contributed by atoms with van der Waals surface area (Å²) in [5.41, 5.74) is 4.87. The number of ether oxygens (including phenoxy) is 1. The molecule has 1 N–H and O–H groups in total. The molecule has 0 saturated heterocycles. The van der Waals surface area contributed by atoms with Crippen LogP contribution in [0.5, 0.6) is 5.75 Å². The number of benzene rings is 2. The van der Waals surface area contributed by atoms with Gasteiger partial charge in [0.1, 0.15) is 11.4 Å². The van der Waals surface area contributed by atoms with E-state index in [1.165, 1.54) is 12.3 Å². The summed E-state index contributed by atoms with van der Waals surface area (Å²) in [6.45, 7) is -2.26. The molecule has 0 bridgehead atoms. The lowest BCUT2D eigenvalue weighted by Gasteiger charge is -2.26. The van der Waals surface area contributed by atoms with Crippen molar-refractivity contribution < 1.29 is 21.9 Å². The highest BCUT2D eigenvalue weighted by atomic mass is 32.2. The molecule has 0 aliphatic carbocycles. The Labute approximate surface area is 189 Å². The van der Waals surface area contributed by atoms with E-state index in [-0.39, 0.29) is 16.7 Å². The van der Waals surface area contributed by atoms with Crippen molar-refractivity contribution in [3.8, 4) is 16.9 Å². The Balaban J connectivity index is 1.61. The summed E-state index contributed by atoms with van der Waals surface area (Å²) >= 11 is 0. The Hall–Kier alpha value is -3.30. The van der Waals surface area contributed by atoms with Gasteiger partial charge in [-0.05, 0) is 41.5 Å². The molecule has 0 unspecified atom stereocenters. The van der Waals surface area contributed by atoms with Gasteiger partial charge in [0.2, 0.25) is 0 Å². The molecule has 0 saturated carbocycles. The number of hydrogen-bond acceptors (Lipinski definition) is 5. The van der Waals surface area contributed by atoms with E-state index < -0.39 is 16.4 Å². The van der Waals surface area contributed by atoms with Crippen molar-refractivity contribution >= 4 is 15.5 Å². The Morgan fingerprint density at radius 3 is 2.52 bits per heavy atom. The molecule has 33 heavy (non-hydrogen) atoms. The molecular formula is C24H21F2N3O3S. The molecular weight excluding hydrogens is 448 g/mol. The second kappa shape index (κ2) is 8.24. The first-order valence-corrected chi connectivity index (χ1v) is 12.3. The van der Waals surface area contributed by atoms with Crippen LogP contribution in [0.15, 0.2) is 71.8 Å². The topological polar surface area (TPSA) is 72.7 Å². The van der Waals surface area contributed by atoms with Crippen LogP contribution in [-0.4, -0.2) is 37.2 Å². The van der Waals surface area contributed by atoms with Crippen molar-refractivity contribution in [3.05, 3.63) is 83.8 Å². The van der Waals surface area contributed by atoms with E-state index >= 15 is 0 Å². The normalized spacial score (nSPS) is 16.2. The van der Waals surface area contributed by atoms with E-state index in [9.17, 15) is 17.2 Å². The number of pyridine rings is 1. The lowest BCUT2D eigenvalue weighted by Crippen LogP contribution is -2.31. The van der Waals surface area contributed by atoms with E-state index in [1.54, 1.807) is 42.5 Å². The number of fused-ring (bicyclic) bond motifs is 3. The highest BCUT2D eigenvalue weighted by Gasteiger charge is 2.29. The molecule has 5 rings (SSSR count). The predicted molar refractivity (Wildman–Crippen MR) is 120 cm³/mol. The minimum absolute atomic E-state index is 0.125. The third kappa shape index (κ3) is 4.09. The molecule has 0 fully saturated rings. The number of para-hydroxylation sites is 1. The Morgan fingerprint density at radius 2 is 1.79 bits per heavy atom. The van der Waals surface area contributed by atoms with Crippen molar-refractivity contribution in [2.24, 2.45) is 0 Å². The highest BCUT2D eigenvalue weighted by molar-refractivity contribution is 7.90. The number of sulfone groups is 1. The summed E-state index contributed by atoms with van der Waals surface area (Å²) in [4.78, 5) is 5.01. The van der Waals surface area contributed by atoms with Gasteiger partial charge in [0.25, 0.3) is 0 Å². The molecule has 4 aromatic rings. The van der Waals surface area contributed by atoms with Gasteiger partial charge < -0.3 is 14.5 Å². The second-order valence-electron chi connectivity index (χ2n) is 7.94. The first-order chi connectivity index (χ1) is 15.8. The van der Waals surface area contributed by atoms with Crippen molar-refractivity contribution in [3.63, 3.8) is 0 Å². The van der Waals surface area contributed by atoms with Gasteiger partial charge >= 0.3 is 6.61 Å². The molecule has 170 valence electrons. The van der Waals surface area contributed by atoms with Crippen LogP contribution in [0.25, 0.3) is 16.8 Å². The molecule has 9 heteroatoms. The van der Waals surface area contributed by atoms with Crippen LogP contribution < -0.4 is 10.1 Å². The van der Waals surface area contributed by atoms with E-state index in [0.29, 0.717) is 18.5 Å². The van der Waals surface area contributed by atoms with Gasteiger partial charge in [0.05, 0.1) is 22.3 Å². The van der Waals surface area contributed by atoms with Crippen LogP contribution in [-0.2, 0) is 16.3 Å². The zero-order valence-corrected chi connectivity index (χ0v) is 18.5. The summed E-state index contributed by atoms with van der Waals surface area (Å²) in [5.74, 6) is 0.125. The van der Waals surface area contributed by atoms with Crippen LogP contribution in [0.4, 0.5) is 8.78 Å². The third-order valence-electron chi connectivity index (χ3n) is 5.78. The number of hydrogen-bond donors (Lipinski definition) is 1. The Bertz CT molecular complexity index is 1430. The first-order valence-electron chi connectivity index (χ1n) is 10.4. The van der Waals surface area contributed by atoms with Gasteiger partial charge in [-0.3, -0.25) is 0 Å². The van der Waals surface area contributed by atoms with Crippen LogP contribution in [0.3, 0.4) is 0 Å². The molecule has 6 nitrogen and oxygen atoms in total. The fourth-order valence-electron chi connectivity index (χ4n) is 4.28. The minimum Gasteiger partial charge on any atom is -0.434 e. The number of nitrogens with zero attached hydrogens (tertiary/aromatic N) is 2. The molecule has 1 aliphatic rings. The number of halogens is 2. The minimum atomic E-state index is -3.28. The average Bonchev–Trinajstić information content (AvgIpc) is 3.17. The molecule has 1 atom stereocenters. The molecule has 0 amide bonds. The summed E-state index contributed by atoms with van der Waals surface area (Å²) in [5, 5.41) is 3.41. The van der Waals surface area contributed by atoms with E-state index in [4.69, 9.17) is 9.72 Å². The Kier molecular flexibility index (Phi) is 5.38. The number of aromatic nitrogens is 2. The number of nitrogens with one attached hydrogen (secondary N) is 1.